The van der Waals surface area contributed by atoms with E-state index >= 15 is 0 Å². The molecule has 0 spiro atoms. The molecule has 186 valence electrons. The lowest BCUT2D eigenvalue weighted by Gasteiger charge is -2.23. The SMILES string of the molecule is O=C(N[C@@H](CC1CCCC1)C(=O)NCC1CCCN(C(=O)c2ccccc2)CC1=O)c1ccco1. The minimum atomic E-state index is -0.687. The smallest absolute Gasteiger partial charge is 0.287 e. The van der Waals surface area contributed by atoms with E-state index in [0.717, 1.165) is 25.7 Å². The highest BCUT2D eigenvalue weighted by Gasteiger charge is 2.31. The van der Waals surface area contributed by atoms with Crippen molar-refractivity contribution in [3.63, 3.8) is 0 Å². The third kappa shape index (κ3) is 6.59. The lowest BCUT2D eigenvalue weighted by molar-refractivity contribution is -0.125. The second-order valence-electron chi connectivity index (χ2n) is 9.53. The van der Waals surface area contributed by atoms with Crippen LogP contribution in [0.2, 0.25) is 0 Å². The van der Waals surface area contributed by atoms with Crippen molar-refractivity contribution >= 4 is 23.5 Å². The summed E-state index contributed by atoms with van der Waals surface area (Å²) in [7, 11) is 0. The zero-order chi connectivity index (χ0) is 24.6. The van der Waals surface area contributed by atoms with Gasteiger partial charge in [0.1, 0.15) is 6.04 Å². The Morgan fingerprint density at radius 2 is 1.77 bits per heavy atom. The second-order valence-corrected chi connectivity index (χ2v) is 9.53. The molecule has 8 heteroatoms. The number of nitrogens with one attached hydrogen (secondary N) is 2. The van der Waals surface area contributed by atoms with Crippen LogP contribution in [0.25, 0.3) is 0 Å². The molecule has 1 saturated heterocycles. The van der Waals surface area contributed by atoms with E-state index in [1.54, 1.807) is 41.3 Å². The third-order valence-corrected chi connectivity index (χ3v) is 7.02. The summed E-state index contributed by atoms with van der Waals surface area (Å²) >= 11 is 0. The summed E-state index contributed by atoms with van der Waals surface area (Å²) in [6, 6.07) is 11.5. The van der Waals surface area contributed by atoms with Crippen molar-refractivity contribution in [2.75, 3.05) is 19.6 Å². The molecule has 2 aromatic rings. The summed E-state index contributed by atoms with van der Waals surface area (Å²) in [5.41, 5.74) is 0.564. The molecular weight excluding hydrogens is 446 g/mol. The molecule has 8 nitrogen and oxygen atoms in total. The number of hydrogen-bond donors (Lipinski definition) is 2. The van der Waals surface area contributed by atoms with Crippen LogP contribution in [-0.4, -0.2) is 54.1 Å². The van der Waals surface area contributed by atoms with Gasteiger partial charge >= 0.3 is 0 Å². The van der Waals surface area contributed by atoms with E-state index in [2.05, 4.69) is 10.6 Å². The number of benzene rings is 1. The number of amides is 3. The van der Waals surface area contributed by atoms with Gasteiger partial charge in [0.15, 0.2) is 11.5 Å². The number of Topliss-reactive ketones (excluding diaryl/α,β-unsaturated/α-hetero) is 1. The highest BCUT2D eigenvalue weighted by Crippen LogP contribution is 2.29. The highest BCUT2D eigenvalue weighted by atomic mass is 16.3. The van der Waals surface area contributed by atoms with Gasteiger partial charge in [0.05, 0.1) is 12.8 Å². The molecule has 3 amide bonds. The average molecular weight is 480 g/mol. The number of furan rings is 1. The Morgan fingerprint density at radius 3 is 2.49 bits per heavy atom. The molecule has 35 heavy (non-hydrogen) atoms. The third-order valence-electron chi connectivity index (χ3n) is 7.02. The number of rotatable bonds is 8. The van der Waals surface area contributed by atoms with E-state index in [1.165, 1.54) is 6.26 Å². The second kappa shape index (κ2) is 11.8. The van der Waals surface area contributed by atoms with Crippen LogP contribution in [0.3, 0.4) is 0 Å². The number of ketones is 1. The van der Waals surface area contributed by atoms with Crippen molar-refractivity contribution in [1.82, 2.24) is 15.5 Å². The van der Waals surface area contributed by atoms with Gasteiger partial charge in [-0.05, 0) is 49.4 Å². The molecule has 0 radical (unpaired) electrons. The molecule has 4 rings (SSSR count). The first-order valence-corrected chi connectivity index (χ1v) is 12.5. The van der Waals surface area contributed by atoms with Crippen LogP contribution in [0.1, 0.15) is 65.9 Å². The van der Waals surface area contributed by atoms with Gasteiger partial charge in [-0.25, -0.2) is 0 Å². The predicted molar refractivity (Wildman–Crippen MR) is 130 cm³/mol. The van der Waals surface area contributed by atoms with E-state index < -0.39 is 11.9 Å². The maximum Gasteiger partial charge on any atom is 0.287 e. The summed E-state index contributed by atoms with van der Waals surface area (Å²) in [5, 5.41) is 5.72. The number of carbonyl (C=O) groups is 4. The van der Waals surface area contributed by atoms with Crippen LogP contribution in [0.15, 0.2) is 53.1 Å². The Kier molecular flexibility index (Phi) is 8.34. The summed E-state index contributed by atoms with van der Waals surface area (Å²) in [6.07, 6.45) is 7.65. The highest BCUT2D eigenvalue weighted by molar-refractivity contribution is 5.98. The molecule has 2 N–H and O–H groups in total. The Labute approximate surface area is 205 Å². The quantitative estimate of drug-likeness (QED) is 0.604. The summed E-state index contributed by atoms with van der Waals surface area (Å²) < 4.78 is 5.17. The molecule has 1 aromatic heterocycles. The summed E-state index contributed by atoms with van der Waals surface area (Å²) in [6.45, 7) is 0.741. The average Bonchev–Trinajstić information content (AvgIpc) is 3.56. The molecule has 1 aliphatic heterocycles. The first kappa shape index (κ1) is 24.7. The summed E-state index contributed by atoms with van der Waals surface area (Å²) in [4.78, 5) is 52.9. The van der Waals surface area contributed by atoms with Gasteiger partial charge in [0, 0.05) is 24.6 Å². The fraction of sp³-hybridized carbons (Fsp3) is 0.481. The van der Waals surface area contributed by atoms with Gasteiger partial charge in [-0.2, -0.15) is 0 Å². The topological polar surface area (TPSA) is 109 Å². The fourth-order valence-electron chi connectivity index (χ4n) is 5.03. The molecule has 2 aliphatic rings. The minimum absolute atomic E-state index is 0.0367. The van der Waals surface area contributed by atoms with Crippen molar-refractivity contribution < 1.29 is 23.6 Å². The maximum absolute atomic E-state index is 13.1. The van der Waals surface area contributed by atoms with Crippen LogP contribution in [-0.2, 0) is 9.59 Å². The molecule has 2 heterocycles. The van der Waals surface area contributed by atoms with Gasteiger partial charge in [-0.1, -0.05) is 43.9 Å². The number of nitrogens with zero attached hydrogens (tertiary/aromatic N) is 1. The fourth-order valence-corrected chi connectivity index (χ4v) is 5.03. The minimum Gasteiger partial charge on any atom is -0.459 e. The van der Waals surface area contributed by atoms with Crippen molar-refractivity contribution in [3.05, 3.63) is 60.1 Å². The molecule has 0 bridgehead atoms. The monoisotopic (exact) mass is 479 g/mol. The van der Waals surface area contributed by atoms with Crippen molar-refractivity contribution in [1.29, 1.82) is 0 Å². The largest absolute Gasteiger partial charge is 0.459 e. The maximum atomic E-state index is 13.1. The molecular formula is C27H33N3O5. The Hall–Kier alpha value is -3.42. The standard InChI is InChI=1S/C27H33N3O5/c31-23-18-30(27(34)20-10-2-1-3-11-20)14-6-12-21(23)17-28-25(32)22(16-19-8-4-5-9-19)29-26(33)24-13-7-15-35-24/h1-3,7,10-11,13,15,19,21-22H,4-6,8-9,12,14,16-18H2,(H,28,32)(H,29,33)/t21?,22-/m0/s1. The van der Waals surface area contributed by atoms with Crippen LogP contribution in [0, 0.1) is 11.8 Å². The number of likely N-dealkylation sites (tertiary alicyclic amines) is 1. The van der Waals surface area contributed by atoms with E-state index in [-0.39, 0.29) is 42.4 Å². The number of carbonyl (C=O) groups excluding carboxylic acids is 4. The van der Waals surface area contributed by atoms with E-state index in [9.17, 15) is 19.2 Å². The molecule has 1 saturated carbocycles. The van der Waals surface area contributed by atoms with Gasteiger partial charge in [-0.3, -0.25) is 19.2 Å². The van der Waals surface area contributed by atoms with Crippen molar-refractivity contribution in [3.8, 4) is 0 Å². The van der Waals surface area contributed by atoms with Gasteiger partial charge in [-0.15, -0.1) is 0 Å². The Bertz CT molecular complexity index is 1010. The lowest BCUT2D eigenvalue weighted by atomic mass is 9.96. The van der Waals surface area contributed by atoms with Gasteiger partial charge in [0.25, 0.3) is 11.8 Å². The zero-order valence-electron chi connectivity index (χ0n) is 19.9. The van der Waals surface area contributed by atoms with E-state index in [4.69, 9.17) is 4.42 Å². The molecule has 2 fully saturated rings. The Morgan fingerprint density at radius 1 is 1.00 bits per heavy atom. The number of hydrogen-bond acceptors (Lipinski definition) is 5. The van der Waals surface area contributed by atoms with Crippen molar-refractivity contribution in [2.45, 2.75) is 51.0 Å². The van der Waals surface area contributed by atoms with Crippen molar-refractivity contribution in [2.24, 2.45) is 11.8 Å². The van der Waals surface area contributed by atoms with Crippen LogP contribution < -0.4 is 10.6 Å². The summed E-state index contributed by atoms with van der Waals surface area (Å²) in [5.74, 6) is -0.726. The molecule has 2 atom stereocenters. The molecule has 1 aromatic carbocycles. The Balaban J connectivity index is 1.34. The zero-order valence-corrected chi connectivity index (χ0v) is 19.9. The first-order valence-electron chi connectivity index (χ1n) is 12.5. The van der Waals surface area contributed by atoms with Crippen LogP contribution >= 0.6 is 0 Å². The first-order chi connectivity index (χ1) is 17.0. The lowest BCUT2D eigenvalue weighted by Crippen LogP contribution is -2.49. The van der Waals surface area contributed by atoms with E-state index in [1.807, 2.05) is 6.07 Å². The van der Waals surface area contributed by atoms with E-state index in [0.29, 0.717) is 37.3 Å². The molecule has 1 unspecified atom stereocenters. The van der Waals surface area contributed by atoms with Gasteiger partial charge in [0.2, 0.25) is 5.91 Å². The van der Waals surface area contributed by atoms with Crippen LogP contribution in [0.5, 0.6) is 0 Å². The molecule has 1 aliphatic carbocycles. The van der Waals surface area contributed by atoms with Gasteiger partial charge < -0.3 is 20.0 Å². The van der Waals surface area contributed by atoms with Crippen LogP contribution in [0.4, 0.5) is 0 Å². The normalized spacial score (nSPS) is 19.7. The predicted octanol–water partition coefficient (Wildman–Crippen LogP) is 3.20.